The molecule has 0 aliphatic rings. The molecule has 0 amide bonds. The van der Waals surface area contributed by atoms with Gasteiger partial charge in [-0.05, 0) is 16.8 Å². The third-order valence-electron chi connectivity index (χ3n) is 2.82. The Hall–Kier alpha value is -1.83. The van der Waals surface area contributed by atoms with E-state index < -0.39 is 5.41 Å². The van der Waals surface area contributed by atoms with Gasteiger partial charge in [0.15, 0.2) is 5.78 Å². The van der Waals surface area contributed by atoms with Crippen molar-refractivity contribution in [1.29, 1.82) is 0 Å². The third-order valence-corrected chi connectivity index (χ3v) is 2.82. The van der Waals surface area contributed by atoms with Gasteiger partial charge in [-0.25, -0.2) is 0 Å². The molecule has 1 N–H and O–H groups in total. The highest BCUT2D eigenvalue weighted by Gasteiger charge is 2.26. The zero-order valence-electron chi connectivity index (χ0n) is 10.3. The molecule has 0 spiro atoms. The van der Waals surface area contributed by atoms with E-state index in [0.29, 0.717) is 5.56 Å². The summed E-state index contributed by atoms with van der Waals surface area (Å²) in [6.45, 7) is 5.57. The van der Waals surface area contributed by atoms with Gasteiger partial charge >= 0.3 is 0 Å². The highest BCUT2D eigenvalue weighted by Crippen LogP contribution is 2.32. The smallest absolute Gasteiger partial charge is 0.172 e. The highest BCUT2D eigenvalue weighted by molar-refractivity contribution is 6.12. The molecule has 0 aliphatic carbocycles. The maximum Gasteiger partial charge on any atom is 0.172 e. The van der Waals surface area contributed by atoms with Gasteiger partial charge in [-0.15, -0.1) is 0 Å². The molecule has 0 fully saturated rings. The molecule has 0 bridgehead atoms. The van der Waals surface area contributed by atoms with Crippen molar-refractivity contribution in [2.24, 2.45) is 5.41 Å². The quantitative estimate of drug-likeness (QED) is 0.754. The number of phenolic OH excluding ortho intramolecular Hbond substituents is 1. The van der Waals surface area contributed by atoms with E-state index in [1.165, 1.54) is 0 Å². The number of phenols is 1. The molecule has 2 rings (SSSR count). The molecule has 0 heterocycles. The molecule has 17 heavy (non-hydrogen) atoms. The summed E-state index contributed by atoms with van der Waals surface area (Å²) in [7, 11) is 0. The Labute approximate surface area is 101 Å². The van der Waals surface area contributed by atoms with E-state index in [4.69, 9.17) is 0 Å². The number of benzene rings is 2. The summed E-state index contributed by atoms with van der Waals surface area (Å²) in [6.07, 6.45) is 0. The minimum Gasteiger partial charge on any atom is -0.507 e. The summed E-state index contributed by atoms with van der Waals surface area (Å²) >= 11 is 0. The first-order valence-electron chi connectivity index (χ1n) is 5.67. The molecule has 2 aromatic carbocycles. The lowest BCUT2D eigenvalue weighted by Gasteiger charge is -2.18. The van der Waals surface area contributed by atoms with Crippen molar-refractivity contribution in [1.82, 2.24) is 0 Å². The number of hydrogen-bond acceptors (Lipinski definition) is 2. The molecule has 0 aromatic heterocycles. The molecule has 88 valence electrons. The van der Waals surface area contributed by atoms with Gasteiger partial charge in [0.05, 0.1) is 5.56 Å². The second-order valence-corrected chi connectivity index (χ2v) is 5.26. The summed E-state index contributed by atoms with van der Waals surface area (Å²) in [5, 5.41) is 11.7. The Morgan fingerprint density at radius 1 is 1.06 bits per heavy atom. The minimum atomic E-state index is -0.498. The molecular weight excluding hydrogens is 212 g/mol. The predicted octanol–water partition coefficient (Wildman–Crippen LogP) is 3.77. The topological polar surface area (TPSA) is 37.3 Å². The number of hydrogen-bond donors (Lipinski definition) is 1. The van der Waals surface area contributed by atoms with Gasteiger partial charge in [-0.1, -0.05) is 51.1 Å². The van der Waals surface area contributed by atoms with Gasteiger partial charge in [0.2, 0.25) is 0 Å². The Balaban J connectivity index is 2.76. The summed E-state index contributed by atoms with van der Waals surface area (Å²) in [6, 6.07) is 11.0. The van der Waals surface area contributed by atoms with E-state index >= 15 is 0 Å². The van der Waals surface area contributed by atoms with E-state index in [1.807, 2.05) is 51.1 Å². The normalized spacial score (nSPS) is 11.7. The van der Waals surface area contributed by atoms with E-state index in [2.05, 4.69) is 0 Å². The van der Waals surface area contributed by atoms with Crippen LogP contribution in [0.25, 0.3) is 10.8 Å². The van der Waals surface area contributed by atoms with Crippen molar-refractivity contribution in [2.75, 3.05) is 0 Å². The molecule has 0 saturated heterocycles. The van der Waals surface area contributed by atoms with E-state index in [0.717, 1.165) is 10.8 Å². The monoisotopic (exact) mass is 228 g/mol. The maximum atomic E-state index is 12.3. The van der Waals surface area contributed by atoms with Crippen LogP contribution in [0.5, 0.6) is 5.75 Å². The van der Waals surface area contributed by atoms with Gasteiger partial charge in [-0.2, -0.15) is 0 Å². The SMILES string of the molecule is CC(C)(C)C(=O)c1c(O)ccc2ccccc12. The Kier molecular flexibility index (Phi) is 2.66. The molecule has 0 unspecified atom stereocenters. The van der Waals surface area contributed by atoms with Gasteiger partial charge < -0.3 is 5.11 Å². The Morgan fingerprint density at radius 2 is 1.71 bits per heavy atom. The lowest BCUT2D eigenvalue weighted by atomic mass is 9.84. The van der Waals surface area contributed by atoms with Crippen LogP contribution in [-0.4, -0.2) is 10.9 Å². The van der Waals surface area contributed by atoms with Crippen molar-refractivity contribution in [3.8, 4) is 5.75 Å². The van der Waals surface area contributed by atoms with Crippen LogP contribution in [0.3, 0.4) is 0 Å². The van der Waals surface area contributed by atoms with Crippen LogP contribution < -0.4 is 0 Å². The largest absolute Gasteiger partial charge is 0.507 e. The summed E-state index contributed by atoms with van der Waals surface area (Å²) in [5.41, 5.74) is -0.0719. The lowest BCUT2D eigenvalue weighted by molar-refractivity contribution is 0.0857. The number of carbonyl (C=O) groups excluding carboxylic acids is 1. The molecule has 2 nitrogen and oxygen atoms in total. The minimum absolute atomic E-state index is 0.0354. The predicted molar refractivity (Wildman–Crippen MR) is 69.4 cm³/mol. The summed E-state index contributed by atoms with van der Waals surface area (Å²) in [5.74, 6) is 0.0235. The number of ketones is 1. The fraction of sp³-hybridized carbons (Fsp3) is 0.267. The first-order chi connectivity index (χ1) is 7.91. The zero-order chi connectivity index (χ0) is 12.6. The van der Waals surface area contributed by atoms with Crippen LogP contribution in [0.15, 0.2) is 36.4 Å². The molecule has 0 saturated carbocycles. The van der Waals surface area contributed by atoms with Crippen LogP contribution in [0.2, 0.25) is 0 Å². The number of Topliss-reactive ketones (excluding diaryl/α,β-unsaturated/α-hetero) is 1. The first-order valence-corrected chi connectivity index (χ1v) is 5.67. The number of carbonyl (C=O) groups is 1. The van der Waals surface area contributed by atoms with Gasteiger partial charge in [-0.3, -0.25) is 4.79 Å². The molecule has 0 radical (unpaired) electrons. The van der Waals surface area contributed by atoms with E-state index in [9.17, 15) is 9.90 Å². The summed E-state index contributed by atoms with van der Waals surface area (Å²) < 4.78 is 0. The summed E-state index contributed by atoms with van der Waals surface area (Å²) in [4.78, 5) is 12.3. The fourth-order valence-corrected chi connectivity index (χ4v) is 1.87. The zero-order valence-corrected chi connectivity index (χ0v) is 10.3. The molecule has 0 aliphatic heterocycles. The Morgan fingerprint density at radius 3 is 2.35 bits per heavy atom. The van der Waals surface area contributed by atoms with E-state index in [1.54, 1.807) is 6.07 Å². The van der Waals surface area contributed by atoms with Crippen molar-refractivity contribution < 1.29 is 9.90 Å². The average molecular weight is 228 g/mol. The maximum absolute atomic E-state index is 12.3. The lowest BCUT2D eigenvalue weighted by Crippen LogP contribution is -2.20. The number of rotatable bonds is 1. The van der Waals surface area contributed by atoms with Crippen molar-refractivity contribution in [2.45, 2.75) is 20.8 Å². The molecular formula is C15H16O2. The van der Waals surface area contributed by atoms with Crippen molar-refractivity contribution in [3.63, 3.8) is 0 Å². The van der Waals surface area contributed by atoms with Gasteiger partial charge in [0.1, 0.15) is 5.75 Å². The van der Waals surface area contributed by atoms with Crippen molar-refractivity contribution in [3.05, 3.63) is 42.0 Å². The van der Waals surface area contributed by atoms with Gasteiger partial charge in [0, 0.05) is 5.41 Å². The molecule has 2 heteroatoms. The fourth-order valence-electron chi connectivity index (χ4n) is 1.87. The van der Waals surface area contributed by atoms with Crippen LogP contribution in [0, 0.1) is 5.41 Å². The number of fused-ring (bicyclic) bond motifs is 1. The number of aromatic hydroxyl groups is 1. The average Bonchev–Trinajstić information content (AvgIpc) is 2.27. The highest BCUT2D eigenvalue weighted by atomic mass is 16.3. The molecule has 0 atom stereocenters. The van der Waals surface area contributed by atoms with Crippen LogP contribution in [-0.2, 0) is 0 Å². The Bertz CT molecular complexity index is 577. The molecule has 2 aromatic rings. The van der Waals surface area contributed by atoms with Gasteiger partial charge in [0.25, 0.3) is 0 Å². The second kappa shape index (κ2) is 3.88. The van der Waals surface area contributed by atoms with E-state index in [-0.39, 0.29) is 11.5 Å². The first kappa shape index (κ1) is 11.6. The standard InChI is InChI=1S/C15H16O2/c1-15(2,3)14(17)13-11-7-5-4-6-10(11)8-9-12(13)16/h4-9,16H,1-3H3. The van der Waals surface area contributed by atoms with Crippen LogP contribution in [0.1, 0.15) is 31.1 Å². The van der Waals surface area contributed by atoms with Crippen LogP contribution in [0.4, 0.5) is 0 Å². The third kappa shape index (κ3) is 2.03. The van der Waals surface area contributed by atoms with Crippen LogP contribution >= 0.6 is 0 Å². The second-order valence-electron chi connectivity index (χ2n) is 5.26. The van der Waals surface area contributed by atoms with Crippen molar-refractivity contribution >= 4 is 16.6 Å².